The second kappa shape index (κ2) is 20.2. The zero-order chi connectivity index (χ0) is 46.1. The van der Waals surface area contributed by atoms with E-state index >= 15 is 0 Å². The van der Waals surface area contributed by atoms with Gasteiger partial charge in [0.25, 0.3) is 0 Å². The number of benzene rings is 9. The van der Waals surface area contributed by atoms with Crippen LogP contribution in [0, 0.1) is 0 Å². The fraction of sp³-hybridized carbons (Fsp3) is 0.0303. The summed E-state index contributed by atoms with van der Waals surface area (Å²) in [6.07, 6.45) is 12.1. The van der Waals surface area contributed by atoms with E-state index in [0.29, 0.717) is 0 Å². The zero-order valence-corrected chi connectivity index (χ0v) is 38.1. The molecule has 0 unspecified atom stereocenters. The van der Waals surface area contributed by atoms with E-state index in [-0.39, 0.29) is 0 Å². The number of rotatable bonds is 14. The van der Waals surface area contributed by atoms with Crippen LogP contribution in [-0.4, -0.2) is 0 Å². The van der Waals surface area contributed by atoms with Crippen LogP contribution in [0.3, 0.4) is 0 Å². The molecule has 326 valence electrons. The first-order chi connectivity index (χ1) is 33.6. The van der Waals surface area contributed by atoms with E-state index in [4.69, 9.17) is 0 Å². The highest BCUT2D eigenvalue weighted by Crippen LogP contribution is 2.43. The number of para-hydroxylation sites is 1. The minimum Gasteiger partial charge on any atom is -0.314 e. The van der Waals surface area contributed by atoms with Crippen LogP contribution in [0.1, 0.15) is 18.4 Å². The van der Waals surface area contributed by atoms with Crippen molar-refractivity contribution in [3.05, 3.63) is 297 Å². The fourth-order valence-electron chi connectivity index (χ4n) is 9.30. The van der Waals surface area contributed by atoms with Crippen molar-refractivity contribution >= 4 is 28.3 Å². The first-order valence-electron chi connectivity index (χ1n) is 23.4. The van der Waals surface area contributed by atoms with Crippen molar-refractivity contribution in [2.45, 2.75) is 12.8 Å². The van der Waals surface area contributed by atoms with Gasteiger partial charge in [0.1, 0.15) is 0 Å². The summed E-state index contributed by atoms with van der Waals surface area (Å²) >= 11 is 0. The first-order valence-corrected chi connectivity index (χ1v) is 23.4. The van der Waals surface area contributed by atoms with Gasteiger partial charge in [0.2, 0.25) is 0 Å². The number of anilines is 4. The molecule has 0 fully saturated rings. The van der Waals surface area contributed by atoms with Gasteiger partial charge in [-0.25, -0.2) is 0 Å². The van der Waals surface area contributed by atoms with Crippen LogP contribution in [0.25, 0.3) is 61.2 Å². The molecule has 0 radical (unpaired) electrons. The summed E-state index contributed by atoms with van der Waals surface area (Å²) in [7, 11) is 0. The standard InChI is InChI=1S/C66H52N2/c1-3-18-59(4-2)67(61-39-33-53(34-40-61)49-19-9-5-10-20-49)62-41-37-55(38-42-62)52-29-31-56(32-30-52)65-46-45-64(48-66(65)58-26-17-25-57(47-58)51-23-13-7-14-24-51)68(60-27-15-8-16-28-60)63-43-35-54(36-44-63)50-21-11-6-12-22-50/h3-37,39-41,43-48H,1-2,38,42H2/b59-18+. The third kappa shape index (κ3) is 9.35. The molecular formula is C66H52N2. The van der Waals surface area contributed by atoms with Crippen LogP contribution < -0.4 is 9.80 Å². The fourth-order valence-corrected chi connectivity index (χ4v) is 9.30. The second-order valence-corrected chi connectivity index (χ2v) is 17.0. The molecule has 1 aliphatic rings. The molecule has 1 aliphatic carbocycles. The third-order valence-electron chi connectivity index (χ3n) is 12.8. The Balaban J connectivity index is 1.00. The van der Waals surface area contributed by atoms with Gasteiger partial charge in [0.05, 0.1) is 0 Å². The van der Waals surface area contributed by atoms with Crippen molar-refractivity contribution in [1.29, 1.82) is 0 Å². The van der Waals surface area contributed by atoms with E-state index in [1.807, 2.05) is 18.2 Å². The van der Waals surface area contributed by atoms with Gasteiger partial charge >= 0.3 is 0 Å². The smallest absolute Gasteiger partial charge is 0.0468 e. The summed E-state index contributed by atoms with van der Waals surface area (Å²) in [6.45, 7) is 8.18. The highest BCUT2D eigenvalue weighted by Gasteiger charge is 2.20. The second-order valence-electron chi connectivity index (χ2n) is 17.0. The molecule has 9 aromatic carbocycles. The Kier molecular flexibility index (Phi) is 12.8. The molecule has 0 spiro atoms. The van der Waals surface area contributed by atoms with Gasteiger partial charge < -0.3 is 9.80 Å². The Morgan fingerprint density at radius 2 is 0.824 bits per heavy atom. The molecule has 0 N–H and O–H groups in total. The summed E-state index contributed by atoms with van der Waals surface area (Å²) in [5.41, 5.74) is 21.0. The van der Waals surface area contributed by atoms with Crippen LogP contribution >= 0.6 is 0 Å². The monoisotopic (exact) mass is 872 g/mol. The van der Waals surface area contributed by atoms with Crippen LogP contribution in [0.4, 0.5) is 22.7 Å². The summed E-state index contributed by atoms with van der Waals surface area (Å²) < 4.78 is 0. The molecule has 0 aliphatic heterocycles. The Hall–Kier alpha value is -8.72. The van der Waals surface area contributed by atoms with Crippen molar-refractivity contribution in [2.75, 3.05) is 9.80 Å². The van der Waals surface area contributed by atoms with Gasteiger partial charge in [0.15, 0.2) is 0 Å². The Labute approximate surface area is 401 Å². The molecule has 0 heterocycles. The molecule has 0 amide bonds. The normalized spacial score (nSPS) is 12.4. The summed E-state index contributed by atoms with van der Waals surface area (Å²) in [4.78, 5) is 4.66. The zero-order valence-electron chi connectivity index (χ0n) is 38.1. The quantitative estimate of drug-likeness (QED) is 0.100. The van der Waals surface area contributed by atoms with Crippen LogP contribution in [-0.2, 0) is 0 Å². The minimum atomic E-state index is 0.882. The maximum absolute atomic E-state index is 4.18. The molecule has 9 aromatic rings. The lowest BCUT2D eigenvalue weighted by atomic mass is 9.90. The van der Waals surface area contributed by atoms with E-state index in [2.05, 4.69) is 272 Å². The van der Waals surface area contributed by atoms with Gasteiger partial charge in [-0.1, -0.05) is 207 Å². The Morgan fingerprint density at radius 3 is 1.38 bits per heavy atom. The van der Waals surface area contributed by atoms with Gasteiger partial charge in [-0.15, -0.1) is 0 Å². The first kappa shape index (κ1) is 43.2. The predicted molar refractivity (Wildman–Crippen MR) is 291 cm³/mol. The van der Waals surface area contributed by atoms with Gasteiger partial charge in [0, 0.05) is 34.1 Å². The average molecular weight is 873 g/mol. The average Bonchev–Trinajstić information content (AvgIpc) is 3.42. The van der Waals surface area contributed by atoms with Crippen molar-refractivity contribution in [3.8, 4) is 55.6 Å². The summed E-state index contributed by atoms with van der Waals surface area (Å²) in [6, 6.07) is 85.1. The predicted octanol–water partition coefficient (Wildman–Crippen LogP) is 18.3. The molecule has 0 saturated heterocycles. The van der Waals surface area contributed by atoms with Crippen molar-refractivity contribution in [3.63, 3.8) is 0 Å². The SMILES string of the molecule is C=C/C=C(\C=C)N(C1=CC=C(c2ccc(-c3ccc(N(c4ccccc4)c4ccc(-c5ccccc5)cc4)cc3-c3cccc(-c4ccccc4)c3)cc2)CC1)c1ccc(-c2ccccc2)cc1. The molecule has 10 rings (SSSR count). The molecule has 2 heteroatoms. The maximum Gasteiger partial charge on any atom is 0.0468 e. The van der Waals surface area contributed by atoms with E-state index in [9.17, 15) is 0 Å². The highest BCUT2D eigenvalue weighted by molar-refractivity contribution is 5.91. The lowest BCUT2D eigenvalue weighted by molar-refractivity contribution is 0.913. The van der Waals surface area contributed by atoms with Crippen LogP contribution in [0.2, 0.25) is 0 Å². The highest BCUT2D eigenvalue weighted by atomic mass is 15.2. The maximum atomic E-state index is 4.18. The Bertz CT molecular complexity index is 3250. The lowest BCUT2D eigenvalue weighted by Gasteiger charge is -2.30. The molecule has 68 heavy (non-hydrogen) atoms. The summed E-state index contributed by atoms with van der Waals surface area (Å²) in [5.74, 6) is 0. The van der Waals surface area contributed by atoms with E-state index in [1.54, 1.807) is 0 Å². The molecular weight excluding hydrogens is 821 g/mol. The molecule has 0 bridgehead atoms. The molecule has 2 nitrogen and oxygen atoms in total. The van der Waals surface area contributed by atoms with Gasteiger partial charge in [-0.3, -0.25) is 0 Å². The van der Waals surface area contributed by atoms with Gasteiger partial charge in [-0.2, -0.15) is 0 Å². The number of hydrogen-bond donors (Lipinski definition) is 0. The van der Waals surface area contributed by atoms with E-state index in [1.165, 1.54) is 66.9 Å². The Morgan fingerprint density at radius 1 is 0.353 bits per heavy atom. The molecule has 0 saturated carbocycles. The van der Waals surface area contributed by atoms with Gasteiger partial charge in [-0.05, 0) is 152 Å². The minimum absolute atomic E-state index is 0.882. The van der Waals surface area contributed by atoms with Crippen molar-refractivity contribution in [1.82, 2.24) is 0 Å². The van der Waals surface area contributed by atoms with Crippen molar-refractivity contribution < 1.29 is 0 Å². The number of allylic oxidation sites excluding steroid dienone is 7. The third-order valence-corrected chi connectivity index (χ3v) is 12.8. The topological polar surface area (TPSA) is 6.48 Å². The largest absolute Gasteiger partial charge is 0.314 e. The summed E-state index contributed by atoms with van der Waals surface area (Å²) in [5, 5.41) is 0. The molecule has 0 aromatic heterocycles. The van der Waals surface area contributed by atoms with E-state index in [0.717, 1.165) is 46.9 Å². The van der Waals surface area contributed by atoms with E-state index < -0.39 is 0 Å². The number of nitrogens with zero attached hydrogens (tertiary/aromatic N) is 2. The number of hydrogen-bond acceptors (Lipinski definition) is 2. The van der Waals surface area contributed by atoms with Crippen molar-refractivity contribution in [2.24, 2.45) is 0 Å². The molecule has 0 atom stereocenters. The van der Waals surface area contributed by atoms with Crippen LogP contribution in [0.5, 0.6) is 0 Å². The lowest BCUT2D eigenvalue weighted by Crippen LogP contribution is -2.22. The van der Waals surface area contributed by atoms with Crippen LogP contribution in [0.15, 0.2) is 292 Å².